The van der Waals surface area contributed by atoms with Gasteiger partial charge < -0.3 is 15.2 Å². The average molecular weight is 267 g/mol. The second-order valence-electron chi connectivity index (χ2n) is 4.54. The van der Waals surface area contributed by atoms with Crippen LogP contribution in [-0.4, -0.2) is 30.3 Å². The summed E-state index contributed by atoms with van der Waals surface area (Å²) in [4.78, 5) is 0. The Morgan fingerprint density at radius 3 is 2.83 bits per heavy atom. The summed E-state index contributed by atoms with van der Waals surface area (Å²) >= 11 is 2.00. The van der Waals surface area contributed by atoms with Gasteiger partial charge in [-0.05, 0) is 49.8 Å². The fourth-order valence-electron chi connectivity index (χ4n) is 1.98. The third-order valence-electron chi connectivity index (χ3n) is 3.08. The molecule has 0 bridgehead atoms. The van der Waals surface area contributed by atoms with Crippen LogP contribution in [0.15, 0.2) is 24.3 Å². The number of ether oxygens (including phenoxy) is 2. The van der Waals surface area contributed by atoms with E-state index >= 15 is 0 Å². The predicted molar refractivity (Wildman–Crippen MR) is 77.2 cm³/mol. The smallest absolute Gasteiger partial charge is 0.119 e. The van der Waals surface area contributed by atoms with E-state index in [1.807, 2.05) is 36.0 Å². The Bertz CT molecular complexity index is 355. The summed E-state index contributed by atoms with van der Waals surface area (Å²) in [5.41, 5.74) is 6.39. The maximum Gasteiger partial charge on any atom is 0.119 e. The molecular formula is C14H21NO2S. The van der Waals surface area contributed by atoms with Crippen molar-refractivity contribution in [1.82, 2.24) is 0 Å². The fraction of sp³-hybridized carbons (Fsp3) is 0.571. The molecule has 2 rings (SSSR count). The van der Waals surface area contributed by atoms with Gasteiger partial charge in [-0.3, -0.25) is 0 Å². The van der Waals surface area contributed by atoms with Crippen molar-refractivity contribution < 1.29 is 9.47 Å². The van der Waals surface area contributed by atoms with Gasteiger partial charge in [-0.15, -0.1) is 0 Å². The molecule has 0 aliphatic carbocycles. The van der Waals surface area contributed by atoms with Crippen LogP contribution in [0.25, 0.3) is 0 Å². The summed E-state index contributed by atoms with van der Waals surface area (Å²) in [5, 5.41) is 0.668. The Morgan fingerprint density at radius 1 is 1.39 bits per heavy atom. The van der Waals surface area contributed by atoms with Crippen molar-refractivity contribution in [3.05, 3.63) is 24.3 Å². The van der Waals surface area contributed by atoms with E-state index in [4.69, 9.17) is 15.2 Å². The Morgan fingerprint density at radius 2 is 2.17 bits per heavy atom. The SMILES string of the molecule is CC1OCCC1SCCCOc1ccc(N)cc1. The van der Waals surface area contributed by atoms with Crippen LogP contribution < -0.4 is 10.5 Å². The van der Waals surface area contributed by atoms with Crippen molar-refractivity contribution >= 4 is 17.4 Å². The molecule has 1 aliphatic rings. The molecule has 1 heterocycles. The van der Waals surface area contributed by atoms with E-state index in [9.17, 15) is 0 Å². The first kappa shape index (κ1) is 13.6. The van der Waals surface area contributed by atoms with Crippen LogP contribution in [0.4, 0.5) is 5.69 Å². The van der Waals surface area contributed by atoms with Crippen LogP contribution in [0.1, 0.15) is 19.8 Å². The quantitative estimate of drug-likeness (QED) is 0.636. The van der Waals surface area contributed by atoms with Gasteiger partial charge in [0, 0.05) is 17.5 Å². The van der Waals surface area contributed by atoms with E-state index in [0.29, 0.717) is 11.4 Å². The summed E-state index contributed by atoms with van der Waals surface area (Å²) < 4.78 is 11.2. The maximum atomic E-state index is 5.65. The lowest BCUT2D eigenvalue weighted by atomic mass is 10.3. The van der Waals surface area contributed by atoms with Gasteiger partial charge in [-0.1, -0.05) is 0 Å². The lowest BCUT2D eigenvalue weighted by molar-refractivity contribution is 0.127. The first-order valence-corrected chi connectivity index (χ1v) is 7.52. The first-order valence-electron chi connectivity index (χ1n) is 6.47. The second-order valence-corrected chi connectivity index (χ2v) is 5.89. The summed E-state index contributed by atoms with van der Waals surface area (Å²) in [6, 6.07) is 7.55. The normalized spacial score (nSPS) is 23.2. The number of anilines is 1. The molecule has 0 saturated carbocycles. The molecule has 1 aromatic rings. The van der Waals surface area contributed by atoms with E-state index in [0.717, 1.165) is 36.8 Å². The van der Waals surface area contributed by atoms with Crippen LogP contribution in [0.3, 0.4) is 0 Å². The van der Waals surface area contributed by atoms with Gasteiger partial charge in [0.2, 0.25) is 0 Å². The van der Waals surface area contributed by atoms with E-state index < -0.39 is 0 Å². The molecule has 0 spiro atoms. The average Bonchev–Trinajstić information content (AvgIpc) is 2.77. The van der Waals surface area contributed by atoms with Crippen molar-refractivity contribution in [3.63, 3.8) is 0 Å². The van der Waals surface area contributed by atoms with Gasteiger partial charge in [0.05, 0.1) is 12.7 Å². The van der Waals surface area contributed by atoms with E-state index in [1.54, 1.807) is 0 Å². The Hall–Kier alpha value is -0.870. The fourth-order valence-corrected chi connectivity index (χ4v) is 3.18. The third kappa shape index (κ3) is 4.10. The minimum absolute atomic E-state index is 0.410. The Kier molecular flexibility index (Phi) is 5.20. The summed E-state index contributed by atoms with van der Waals surface area (Å²) in [7, 11) is 0. The topological polar surface area (TPSA) is 44.5 Å². The molecule has 0 radical (unpaired) electrons. The molecule has 2 unspecified atom stereocenters. The van der Waals surface area contributed by atoms with Crippen molar-refractivity contribution in [2.75, 3.05) is 24.7 Å². The molecule has 18 heavy (non-hydrogen) atoms. The molecule has 2 N–H and O–H groups in total. The van der Waals surface area contributed by atoms with Crippen molar-refractivity contribution in [2.24, 2.45) is 0 Å². The third-order valence-corrected chi connectivity index (χ3v) is 4.65. The molecule has 4 heteroatoms. The molecular weight excluding hydrogens is 246 g/mol. The van der Waals surface area contributed by atoms with E-state index in [2.05, 4.69) is 6.92 Å². The molecule has 3 nitrogen and oxygen atoms in total. The van der Waals surface area contributed by atoms with Crippen LogP contribution in [0.2, 0.25) is 0 Å². The van der Waals surface area contributed by atoms with Gasteiger partial charge in [0.25, 0.3) is 0 Å². The molecule has 0 aromatic heterocycles. The van der Waals surface area contributed by atoms with Gasteiger partial charge in [-0.2, -0.15) is 11.8 Å². The van der Waals surface area contributed by atoms with Crippen molar-refractivity contribution in [3.8, 4) is 5.75 Å². The number of benzene rings is 1. The molecule has 0 amide bonds. The van der Waals surface area contributed by atoms with Crippen molar-refractivity contribution in [1.29, 1.82) is 0 Å². The Labute approximate surface area is 113 Å². The second kappa shape index (κ2) is 6.90. The summed E-state index contributed by atoms with van der Waals surface area (Å²) in [6.07, 6.45) is 2.66. The van der Waals surface area contributed by atoms with Gasteiger partial charge in [-0.25, -0.2) is 0 Å². The highest BCUT2D eigenvalue weighted by atomic mass is 32.2. The van der Waals surface area contributed by atoms with E-state index in [-0.39, 0.29) is 0 Å². The Balaban J connectivity index is 1.57. The lowest BCUT2D eigenvalue weighted by Crippen LogP contribution is -2.14. The number of nitrogens with two attached hydrogens (primary N) is 1. The number of hydrogen-bond donors (Lipinski definition) is 1. The van der Waals surface area contributed by atoms with Crippen LogP contribution in [0.5, 0.6) is 5.75 Å². The number of rotatable bonds is 6. The highest BCUT2D eigenvalue weighted by Gasteiger charge is 2.23. The first-order chi connectivity index (χ1) is 8.75. The number of nitrogen functional groups attached to an aromatic ring is 1. The minimum Gasteiger partial charge on any atom is -0.494 e. The molecule has 2 atom stereocenters. The molecule has 1 aliphatic heterocycles. The largest absolute Gasteiger partial charge is 0.494 e. The number of thioether (sulfide) groups is 1. The van der Waals surface area contributed by atoms with Crippen LogP contribution in [-0.2, 0) is 4.74 Å². The molecule has 100 valence electrons. The zero-order chi connectivity index (χ0) is 12.8. The van der Waals surface area contributed by atoms with Gasteiger partial charge >= 0.3 is 0 Å². The standard InChI is InChI=1S/C14H21NO2S/c1-11-14(7-9-16-11)18-10-2-8-17-13-5-3-12(15)4-6-13/h3-6,11,14H,2,7-10,15H2,1H3. The van der Waals surface area contributed by atoms with Crippen LogP contribution >= 0.6 is 11.8 Å². The summed E-state index contributed by atoms with van der Waals surface area (Å²) in [6.45, 7) is 3.84. The zero-order valence-corrected chi connectivity index (χ0v) is 11.6. The lowest BCUT2D eigenvalue weighted by Gasteiger charge is -2.13. The monoisotopic (exact) mass is 267 g/mol. The van der Waals surface area contributed by atoms with Gasteiger partial charge in [0.1, 0.15) is 5.75 Å². The minimum atomic E-state index is 0.410. The highest BCUT2D eigenvalue weighted by molar-refractivity contribution is 7.99. The maximum absolute atomic E-state index is 5.65. The molecule has 1 fully saturated rings. The van der Waals surface area contributed by atoms with Crippen LogP contribution in [0, 0.1) is 0 Å². The zero-order valence-electron chi connectivity index (χ0n) is 10.8. The number of hydrogen-bond acceptors (Lipinski definition) is 4. The summed E-state index contributed by atoms with van der Waals surface area (Å²) in [5.74, 6) is 2.03. The highest BCUT2D eigenvalue weighted by Crippen LogP contribution is 2.26. The molecule has 1 aromatic carbocycles. The van der Waals surface area contributed by atoms with Gasteiger partial charge in [0.15, 0.2) is 0 Å². The van der Waals surface area contributed by atoms with E-state index in [1.165, 1.54) is 6.42 Å². The molecule has 1 saturated heterocycles. The predicted octanol–water partition coefficient (Wildman–Crippen LogP) is 2.95. The van der Waals surface area contributed by atoms with Crippen molar-refractivity contribution in [2.45, 2.75) is 31.1 Å².